The van der Waals surface area contributed by atoms with Crippen molar-refractivity contribution < 1.29 is 17.9 Å². The van der Waals surface area contributed by atoms with Crippen LogP contribution < -0.4 is 4.74 Å². The Labute approximate surface area is 111 Å². The van der Waals surface area contributed by atoms with Gasteiger partial charge in [-0.1, -0.05) is 30.3 Å². The van der Waals surface area contributed by atoms with Gasteiger partial charge in [-0.2, -0.15) is 0 Å². The van der Waals surface area contributed by atoms with E-state index in [1.165, 1.54) is 0 Å². The van der Waals surface area contributed by atoms with Gasteiger partial charge in [0.15, 0.2) is 16.1 Å². The van der Waals surface area contributed by atoms with Gasteiger partial charge < -0.3 is 4.74 Å². The smallest absolute Gasteiger partial charge is 0.154 e. The second kappa shape index (κ2) is 5.40. The monoisotopic (exact) mass is 278 g/mol. The number of sulfone groups is 1. The molecule has 4 nitrogen and oxygen atoms in total. The molecule has 0 saturated heterocycles. The molecule has 0 heterocycles. The largest absolute Gasteiger partial charge is 0.492 e. The van der Waals surface area contributed by atoms with Crippen molar-refractivity contribution in [3.63, 3.8) is 0 Å². The van der Waals surface area contributed by atoms with Crippen molar-refractivity contribution in [1.29, 1.82) is 0 Å². The number of ether oxygens (including phenoxy) is 1. The molecule has 0 radical (unpaired) electrons. The average Bonchev–Trinajstić information content (AvgIpc) is 2.37. The van der Waals surface area contributed by atoms with Crippen molar-refractivity contribution in [3.05, 3.63) is 42.0 Å². The highest BCUT2D eigenvalue weighted by atomic mass is 32.2. The minimum absolute atomic E-state index is 0.0397. The molecule has 0 saturated carbocycles. The Morgan fingerprint density at radius 2 is 1.89 bits per heavy atom. The van der Waals surface area contributed by atoms with Crippen LogP contribution >= 0.6 is 0 Å². The Morgan fingerprint density at radius 3 is 2.58 bits per heavy atom. The molecule has 5 heteroatoms. The lowest BCUT2D eigenvalue weighted by atomic mass is 10.0. The Bertz CT molecular complexity index is 704. The normalized spacial score (nSPS) is 11.4. The third kappa shape index (κ3) is 3.32. The van der Waals surface area contributed by atoms with Gasteiger partial charge in [0.2, 0.25) is 0 Å². The van der Waals surface area contributed by atoms with E-state index in [1.54, 1.807) is 6.07 Å². The molecule has 19 heavy (non-hydrogen) atoms. The highest BCUT2D eigenvalue weighted by Crippen LogP contribution is 2.26. The van der Waals surface area contributed by atoms with Crippen molar-refractivity contribution in [2.45, 2.75) is 0 Å². The van der Waals surface area contributed by atoms with Crippen LogP contribution in [0.25, 0.3) is 10.8 Å². The molecule has 0 atom stereocenters. The van der Waals surface area contributed by atoms with Crippen LogP contribution in [0.3, 0.4) is 0 Å². The molecule has 0 amide bonds. The molecule has 0 aliphatic rings. The Balaban J connectivity index is 2.30. The predicted octanol–water partition coefficient (Wildman–Crippen LogP) is 2.08. The quantitative estimate of drug-likeness (QED) is 0.786. The van der Waals surface area contributed by atoms with Gasteiger partial charge >= 0.3 is 0 Å². The molecule has 0 aromatic heterocycles. The van der Waals surface area contributed by atoms with Crippen LogP contribution in [0.2, 0.25) is 0 Å². The molecular formula is C14H14O4S. The highest BCUT2D eigenvalue weighted by Gasteiger charge is 2.09. The first-order valence-electron chi connectivity index (χ1n) is 5.79. The van der Waals surface area contributed by atoms with Crippen molar-refractivity contribution in [2.75, 3.05) is 18.6 Å². The number of carbonyl (C=O) groups is 1. The van der Waals surface area contributed by atoms with E-state index in [-0.39, 0.29) is 12.4 Å². The van der Waals surface area contributed by atoms with Crippen LogP contribution in [-0.2, 0) is 9.84 Å². The lowest BCUT2D eigenvalue weighted by Gasteiger charge is -2.10. The van der Waals surface area contributed by atoms with Gasteiger partial charge in [0.1, 0.15) is 12.4 Å². The molecule has 2 aromatic rings. The van der Waals surface area contributed by atoms with Crippen LogP contribution in [0.4, 0.5) is 0 Å². The van der Waals surface area contributed by atoms with Gasteiger partial charge in [0, 0.05) is 6.26 Å². The zero-order chi connectivity index (χ0) is 13.9. The zero-order valence-corrected chi connectivity index (χ0v) is 11.3. The average molecular weight is 278 g/mol. The molecule has 100 valence electrons. The van der Waals surface area contributed by atoms with Crippen molar-refractivity contribution in [1.82, 2.24) is 0 Å². The van der Waals surface area contributed by atoms with Crippen LogP contribution in [-0.4, -0.2) is 33.3 Å². The molecule has 0 bridgehead atoms. The van der Waals surface area contributed by atoms with Crippen LogP contribution in [0, 0.1) is 0 Å². The lowest BCUT2D eigenvalue weighted by molar-refractivity contribution is 0.112. The minimum Gasteiger partial charge on any atom is -0.492 e. The molecule has 0 N–H and O–H groups in total. The lowest BCUT2D eigenvalue weighted by Crippen LogP contribution is -2.12. The van der Waals surface area contributed by atoms with Gasteiger partial charge in [-0.3, -0.25) is 4.79 Å². The molecular weight excluding hydrogens is 264 g/mol. The fourth-order valence-corrected chi connectivity index (χ4v) is 2.21. The second-order valence-electron chi connectivity index (χ2n) is 4.29. The van der Waals surface area contributed by atoms with Crippen LogP contribution in [0.5, 0.6) is 5.75 Å². The number of aldehydes is 1. The maximum absolute atomic E-state index is 11.2. The fraction of sp³-hybridized carbons (Fsp3) is 0.214. The summed E-state index contributed by atoms with van der Waals surface area (Å²) in [5, 5.41) is 1.74. The summed E-state index contributed by atoms with van der Waals surface area (Å²) in [6, 6.07) is 11.0. The summed E-state index contributed by atoms with van der Waals surface area (Å²) < 4.78 is 27.5. The van der Waals surface area contributed by atoms with Gasteiger partial charge in [-0.15, -0.1) is 0 Å². The molecule has 0 spiro atoms. The first-order valence-corrected chi connectivity index (χ1v) is 7.85. The highest BCUT2D eigenvalue weighted by molar-refractivity contribution is 7.90. The van der Waals surface area contributed by atoms with E-state index in [9.17, 15) is 13.2 Å². The summed E-state index contributed by atoms with van der Waals surface area (Å²) >= 11 is 0. The van der Waals surface area contributed by atoms with E-state index in [1.807, 2.05) is 30.3 Å². The van der Waals surface area contributed by atoms with Crippen molar-refractivity contribution >= 4 is 26.9 Å². The van der Waals surface area contributed by atoms with Gasteiger partial charge in [0.25, 0.3) is 0 Å². The van der Waals surface area contributed by atoms with Crippen LogP contribution in [0.15, 0.2) is 36.4 Å². The van der Waals surface area contributed by atoms with E-state index in [4.69, 9.17) is 4.74 Å². The molecule has 2 aromatic carbocycles. The van der Waals surface area contributed by atoms with E-state index < -0.39 is 9.84 Å². The van der Waals surface area contributed by atoms with Gasteiger partial charge in [-0.25, -0.2) is 8.42 Å². The third-order valence-corrected chi connectivity index (χ3v) is 3.67. The molecule has 2 rings (SSSR count). The van der Waals surface area contributed by atoms with Gasteiger partial charge in [-0.05, 0) is 16.8 Å². The zero-order valence-electron chi connectivity index (χ0n) is 10.5. The summed E-state index contributed by atoms with van der Waals surface area (Å²) in [4.78, 5) is 11.2. The maximum Gasteiger partial charge on any atom is 0.154 e. The molecule has 0 unspecified atom stereocenters. The number of benzene rings is 2. The maximum atomic E-state index is 11.2. The topological polar surface area (TPSA) is 60.4 Å². The van der Waals surface area contributed by atoms with E-state index in [0.717, 1.165) is 23.3 Å². The SMILES string of the molecule is CS(=O)(=O)CCOc1ccc2ccccc2c1C=O. The first kappa shape index (κ1) is 13.5. The van der Waals surface area contributed by atoms with Crippen LogP contribution in [0.1, 0.15) is 10.4 Å². The summed E-state index contributed by atoms with van der Waals surface area (Å²) in [6.45, 7) is 0.0397. The Morgan fingerprint density at radius 1 is 1.16 bits per heavy atom. The third-order valence-electron chi connectivity index (χ3n) is 2.76. The van der Waals surface area contributed by atoms with E-state index >= 15 is 0 Å². The number of fused-ring (bicyclic) bond motifs is 1. The Hall–Kier alpha value is -1.88. The Kier molecular flexibility index (Phi) is 3.85. The molecule has 0 aliphatic heterocycles. The van der Waals surface area contributed by atoms with E-state index in [0.29, 0.717) is 11.3 Å². The summed E-state index contributed by atoms with van der Waals surface area (Å²) in [5.41, 5.74) is 0.451. The predicted molar refractivity (Wildman–Crippen MR) is 74.5 cm³/mol. The fourth-order valence-electron chi connectivity index (χ4n) is 1.83. The summed E-state index contributed by atoms with van der Waals surface area (Å²) in [7, 11) is -3.07. The number of rotatable bonds is 5. The number of hydrogen-bond acceptors (Lipinski definition) is 4. The number of carbonyl (C=O) groups excluding carboxylic acids is 1. The first-order chi connectivity index (χ1) is 9.01. The summed E-state index contributed by atoms with van der Waals surface area (Å²) in [5.74, 6) is 0.343. The van der Waals surface area contributed by atoms with Crippen molar-refractivity contribution in [2.24, 2.45) is 0 Å². The second-order valence-corrected chi connectivity index (χ2v) is 6.55. The molecule has 0 aliphatic carbocycles. The summed E-state index contributed by atoms with van der Waals surface area (Å²) in [6.07, 6.45) is 1.88. The van der Waals surface area contributed by atoms with E-state index in [2.05, 4.69) is 0 Å². The van der Waals surface area contributed by atoms with Gasteiger partial charge in [0.05, 0.1) is 11.3 Å². The number of hydrogen-bond donors (Lipinski definition) is 0. The molecule has 0 fully saturated rings. The van der Waals surface area contributed by atoms with Crippen molar-refractivity contribution in [3.8, 4) is 5.75 Å². The minimum atomic E-state index is -3.07. The standard InChI is InChI=1S/C14H14O4S/c1-19(16,17)9-8-18-14-7-6-11-4-2-3-5-12(11)13(14)10-15/h2-7,10H,8-9H2,1H3.